The zero-order chi connectivity index (χ0) is 20.3. The van der Waals surface area contributed by atoms with Gasteiger partial charge in [-0.1, -0.05) is 0 Å². The summed E-state index contributed by atoms with van der Waals surface area (Å²) in [7, 11) is 1.38. The second-order valence-electron chi connectivity index (χ2n) is 7.25. The van der Waals surface area contributed by atoms with Crippen LogP contribution in [0.2, 0.25) is 0 Å². The van der Waals surface area contributed by atoms with Gasteiger partial charge < -0.3 is 20.3 Å². The van der Waals surface area contributed by atoms with E-state index in [4.69, 9.17) is 4.74 Å². The van der Waals surface area contributed by atoms with E-state index in [9.17, 15) is 22.4 Å². The lowest BCUT2D eigenvalue weighted by atomic mass is 10.1. The van der Waals surface area contributed by atoms with Crippen molar-refractivity contribution in [2.24, 2.45) is 5.92 Å². The summed E-state index contributed by atoms with van der Waals surface area (Å²) >= 11 is 0. The van der Waals surface area contributed by atoms with Crippen molar-refractivity contribution in [3.8, 4) is 5.88 Å². The Morgan fingerprint density at radius 2 is 2.21 bits per heavy atom. The van der Waals surface area contributed by atoms with Gasteiger partial charge in [-0.05, 0) is 37.8 Å². The van der Waals surface area contributed by atoms with Crippen LogP contribution in [0.1, 0.15) is 31.2 Å². The van der Waals surface area contributed by atoms with E-state index in [-0.39, 0.29) is 36.7 Å². The number of anilines is 1. The SMILES string of the molecule is COc1nc(N2CCC(CC(F)(F)F)C2)c(F)cc1CNC(=O)[C@@H]1CCCN1. The molecule has 0 bridgehead atoms. The van der Waals surface area contributed by atoms with Gasteiger partial charge in [0, 0.05) is 31.6 Å². The lowest BCUT2D eigenvalue weighted by Crippen LogP contribution is -2.40. The molecular weight excluding hydrogens is 380 g/mol. The quantitative estimate of drug-likeness (QED) is 0.713. The van der Waals surface area contributed by atoms with Crippen molar-refractivity contribution in [3.63, 3.8) is 0 Å². The first kappa shape index (κ1) is 20.6. The van der Waals surface area contributed by atoms with E-state index in [0.717, 1.165) is 19.4 Å². The van der Waals surface area contributed by atoms with Crippen molar-refractivity contribution in [1.29, 1.82) is 0 Å². The monoisotopic (exact) mass is 404 g/mol. The highest BCUT2D eigenvalue weighted by molar-refractivity contribution is 5.82. The van der Waals surface area contributed by atoms with E-state index in [1.54, 1.807) is 0 Å². The lowest BCUT2D eigenvalue weighted by Gasteiger charge is -2.20. The molecule has 3 heterocycles. The lowest BCUT2D eigenvalue weighted by molar-refractivity contribution is -0.142. The van der Waals surface area contributed by atoms with Crippen molar-refractivity contribution in [2.75, 3.05) is 31.6 Å². The van der Waals surface area contributed by atoms with Gasteiger partial charge in [0.2, 0.25) is 11.8 Å². The third-order valence-electron chi connectivity index (χ3n) is 5.13. The van der Waals surface area contributed by atoms with E-state index in [1.807, 2.05) is 0 Å². The molecule has 3 rings (SSSR count). The fourth-order valence-corrected chi connectivity index (χ4v) is 3.76. The number of hydrogen-bond acceptors (Lipinski definition) is 5. The predicted molar refractivity (Wildman–Crippen MR) is 94.6 cm³/mol. The van der Waals surface area contributed by atoms with Crippen molar-refractivity contribution in [1.82, 2.24) is 15.6 Å². The third kappa shape index (κ3) is 5.03. The van der Waals surface area contributed by atoms with E-state index in [0.29, 0.717) is 18.5 Å². The number of nitrogens with one attached hydrogen (secondary N) is 2. The molecule has 1 aromatic rings. The average Bonchev–Trinajstić information content (AvgIpc) is 3.30. The first-order valence-corrected chi connectivity index (χ1v) is 9.33. The topological polar surface area (TPSA) is 66.5 Å². The van der Waals surface area contributed by atoms with Crippen LogP contribution < -0.4 is 20.3 Å². The molecule has 2 aliphatic rings. The maximum absolute atomic E-state index is 14.6. The highest BCUT2D eigenvalue weighted by atomic mass is 19.4. The number of aromatic nitrogens is 1. The van der Waals surface area contributed by atoms with Crippen LogP contribution in [0.15, 0.2) is 6.07 Å². The van der Waals surface area contributed by atoms with Crippen LogP contribution >= 0.6 is 0 Å². The fourth-order valence-electron chi connectivity index (χ4n) is 3.76. The van der Waals surface area contributed by atoms with Crippen LogP contribution in [0.25, 0.3) is 0 Å². The van der Waals surface area contributed by atoms with Crippen molar-refractivity contribution in [3.05, 3.63) is 17.4 Å². The van der Waals surface area contributed by atoms with Gasteiger partial charge in [-0.25, -0.2) is 4.39 Å². The van der Waals surface area contributed by atoms with Gasteiger partial charge in [-0.3, -0.25) is 4.79 Å². The first-order chi connectivity index (χ1) is 13.3. The molecule has 2 atom stereocenters. The number of alkyl halides is 3. The average molecular weight is 404 g/mol. The maximum atomic E-state index is 14.6. The van der Waals surface area contributed by atoms with Crippen LogP contribution in [0, 0.1) is 11.7 Å². The summed E-state index contributed by atoms with van der Waals surface area (Å²) in [5, 5.41) is 5.82. The van der Waals surface area contributed by atoms with Crippen LogP contribution in [0.4, 0.5) is 23.4 Å². The highest BCUT2D eigenvalue weighted by Crippen LogP contribution is 2.34. The number of nitrogens with zero attached hydrogens (tertiary/aromatic N) is 2. The minimum atomic E-state index is -4.24. The molecule has 156 valence electrons. The summed E-state index contributed by atoms with van der Waals surface area (Å²) in [4.78, 5) is 17.8. The van der Waals surface area contributed by atoms with Gasteiger partial charge in [0.05, 0.1) is 13.2 Å². The standard InChI is InChI=1S/C18H24F4N4O2/c1-28-17-12(9-24-16(27)14-3-2-5-23-14)7-13(19)15(25-17)26-6-4-11(10-26)8-18(20,21)22/h7,11,14,23H,2-6,8-10H2,1H3,(H,24,27)/t11?,14-/m0/s1. The van der Waals surface area contributed by atoms with Crippen LogP contribution in [0.3, 0.4) is 0 Å². The van der Waals surface area contributed by atoms with Crippen molar-refractivity contribution in [2.45, 2.75) is 44.4 Å². The molecule has 2 saturated heterocycles. The molecule has 1 amide bonds. The first-order valence-electron chi connectivity index (χ1n) is 9.33. The van der Waals surface area contributed by atoms with E-state index >= 15 is 0 Å². The Balaban J connectivity index is 1.67. The van der Waals surface area contributed by atoms with Gasteiger partial charge in [0.25, 0.3) is 0 Å². The Morgan fingerprint density at radius 1 is 1.43 bits per heavy atom. The molecule has 0 aromatic carbocycles. The van der Waals surface area contributed by atoms with Gasteiger partial charge >= 0.3 is 6.18 Å². The summed E-state index contributed by atoms with van der Waals surface area (Å²) in [6.07, 6.45) is -3.11. The largest absolute Gasteiger partial charge is 0.481 e. The number of methoxy groups -OCH3 is 1. The van der Waals surface area contributed by atoms with E-state index < -0.39 is 24.3 Å². The molecule has 0 radical (unpaired) electrons. The van der Waals surface area contributed by atoms with Gasteiger partial charge in [0.15, 0.2) is 11.6 Å². The van der Waals surface area contributed by atoms with Gasteiger partial charge in [-0.2, -0.15) is 18.2 Å². The number of halogens is 4. The minimum Gasteiger partial charge on any atom is -0.481 e. The van der Waals surface area contributed by atoms with Crippen molar-refractivity contribution < 1.29 is 27.1 Å². The summed E-state index contributed by atoms with van der Waals surface area (Å²) in [5.41, 5.74) is 0.376. The molecule has 2 aliphatic heterocycles. The third-order valence-corrected chi connectivity index (χ3v) is 5.13. The van der Waals surface area contributed by atoms with E-state index in [1.165, 1.54) is 18.1 Å². The Hall–Kier alpha value is -2.10. The number of pyridine rings is 1. The molecule has 6 nitrogen and oxygen atoms in total. The molecule has 10 heteroatoms. The van der Waals surface area contributed by atoms with E-state index in [2.05, 4.69) is 15.6 Å². The van der Waals surface area contributed by atoms with Crippen LogP contribution in [-0.4, -0.2) is 49.9 Å². The highest BCUT2D eigenvalue weighted by Gasteiger charge is 2.36. The number of carbonyl (C=O) groups excluding carboxylic acids is 1. The predicted octanol–water partition coefficient (Wildman–Crippen LogP) is 2.38. The van der Waals surface area contributed by atoms with Gasteiger partial charge in [-0.15, -0.1) is 0 Å². The Labute approximate surface area is 160 Å². The number of amides is 1. The Morgan fingerprint density at radius 3 is 2.86 bits per heavy atom. The van der Waals surface area contributed by atoms with Gasteiger partial charge in [0.1, 0.15) is 0 Å². The summed E-state index contributed by atoms with van der Waals surface area (Å²) in [6, 6.07) is 0.971. The summed E-state index contributed by atoms with van der Waals surface area (Å²) in [6.45, 7) is 1.24. The Bertz CT molecular complexity index is 708. The summed E-state index contributed by atoms with van der Waals surface area (Å²) in [5.74, 6) is -1.26. The molecule has 0 aliphatic carbocycles. The molecule has 28 heavy (non-hydrogen) atoms. The summed E-state index contributed by atoms with van der Waals surface area (Å²) < 4.78 is 57.6. The Kier molecular flexibility index (Phi) is 6.26. The normalized spacial score (nSPS) is 22.5. The number of rotatable bonds is 6. The van der Waals surface area contributed by atoms with Crippen LogP contribution in [0.5, 0.6) is 5.88 Å². The molecular formula is C18H24F4N4O2. The number of carbonyl (C=O) groups is 1. The zero-order valence-corrected chi connectivity index (χ0v) is 15.6. The molecule has 0 spiro atoms. The minimum absolute atomic E-state index is 0.0194. The molecule has 2 N–H and O–H groups in total. The number of ether oxygens (including phenoxy) is 1. The fraction of sp³-hybridized carbons (Fsp3) is 0.667. The molecule has 1 unspecified atom stereocenters. The smallest absolute Gasteiger partial charge is 0.389 e. The molecule has 2 fully saturated rings. The second-order valence-corrected chi connectivity index (χ2v) is 7.25. The maximum Gasteiger partial charge on any atom is 0.389 e. The molecule has 1 aromatic heterocycles. The van der Waals surface area contributed by atoms with Crippen molar-refractivity contribution >= 4 is 11.7 Å². The zero-order valence-electron chi connectivity index (χ0n) is 15.6. The second kappa shape index (κ2) is 8.50. The van der Waals surface area contributed by atoms with Crippen LogP contribution in [-0.2, 0) is 11.3 Å². The molecule has 0 saturated carbocycles. The number of hydrogen-bond donors (Lipinski definition) is 2.